The Kier molecular flexibility index (Phi) is 5.70. The van der Waals surface area contributed by atoms with Crippen molar-refractivity contribution < 1.29 is 0 Å². The topological polar surface area (TPSA) is 15.3 Å². The Hall–Kier alpha value is -0.0900. The molecule has 0 unspecified atom stereocenters. The number of piperidine rings is 1. The van der Waals surface area contributed by atoms with Crippen molar-refractivity contribution in [1.82, 2.24) is 10.2 Å². The van der Waals surface area contributed by atoms with E-state index in [0.29, 0.717) is 12.1 Å². The van der Waals surface area contributed by atoms with E-state index in [2.05, 4.69) is 40.0 Å². The van der Waals surface area contributed by atoms with Crippen LogP contribution in [0, 0.1) is 0 Å². The van der Waals surface area contributed by atoms with Gasteiger partial charge in [0.1, 0.15) is 0 Å². The molecule has 1 saturated heterocycles. The van der Waals surface area contributed by atoms with Gasteiger partial charge in [0.15, 0.2) is 0 Å². The normalized spacial score (nSPS) is 18.2. The Morgan fingerprint density at radius 2 is 2.05 bits per heavy atom. The van der Waals surface area contributed by atoms with Crippen molar-refractivity contribution in [3.63, 3.8) is 0 Å². The number of benzene rings is 1. The van der Waals surface area contributed by atoms with Crippen molar-refractivity contribution in [2.75, 3.05) is 13.1 Å². The van der Waals surface area contributed by atoms with Crippen molar-refractivity contribution in [2.24, 2.45) is 0 Å². The van der Waals surface area contributed by atoms with Crippen molar-refractivity contribution in [1.29, 1.82) is 0 Å². The molecule has 2 rings (SSSR count). The maximum atomic E-state index is 6.04. The molecule has 1 heterocycles. The lowest BCUT2D eigenvalue weighted by atomic mass is 10.0. The minimum atomic E-state index is 0.626. The van der Waals surface area contributed by atoms with Crippen LogP contribution in [0.25, 0.3) is 0 Å². The summed E-state index contributed by atoms with van der Waals surface area (Å²) in [5.41, 5.74) is 1.23. The second-order valence-corrected chi connectivity index (χ2v) is 6.81. The Balaban J connectivity index is 1.82. The summed E-state index contributed by atoms with van der Waals surface area (Å²) < 4.78 is 1.13. The van der Waals surface area contributed by atoms with Crippen LogP contribution in [-0.4, -0.2) is 30.1 Å². The lowest BCUT2D eigenvalue weighted by molar-refractivity contribution is 0.161. The number of nitrogens with zero attached hydrogens (tertiary/aromatic N) is 1. The van der Waals surface area contributed by atoms with Gasteiger partial charge in [-0.25, -0.2) is 0 Å². The lowest BCUT2D eigenvalue weighted by Crippen LogP contribution is -2.44. The second-order valence-electron chi connectivity index (χ2n) is 5.52. The minimum Gasteiger partial charge on any atom is -0.310 e. The fourth-order valence-electron chi connectivity index (χ4n) is 2.55. The SMILES string of the molecule is CC(C)N1CCC(NCc2cc(Cl)ccc2Br)CC1. The Morgan fingerprint density at radius 3 is 2.68 bits per heavy atom. The van der Waals surface area contributed by atoms with Crippen LogP contribution in [0.2, 0.25) is 5.02 Å². The number of hydrogen-bond acceptors (Lipinski definition) is 2. The zero-order valence-electron chi connectivity index (χ0n) is 11.6. The maximum Gasteiger partial charge on any atom is 0.0410 e. The molecule has 1 fully saturated rings. The maximum absolute atomic E-state index is 6.04. The number of halogens is 2. The summed E-state index contributed by atoms with van der Waals surface area (Å²) >= 11 is 9.61. The van der Waals surface area contributed by atoms with Crippen LogP contribution in [0.5, 0.6) is 0 Å². The first-order valence-electron chi connectivity index (χ1n) is 6.97. The Labute approximate surface area is 129 Å². The molecule has 1 aliphatic heterocycles. The smallest absolute Gasteiger partial charge is 0.0410 e. The summed E-state index contributed by atoms with van der Waals surface area (Å²) in [6.45, 7) is 7.83. The highest BCUT2D eigenvalue weighted by Crippen LogP contribution is 2.22. The van der Waals surface area contributed by atoms with Gasteiger partial charge in [0.2, 0.25) is 0 Å². The average molecular weight is 346 g/mol. The molecular formula is C15H22BrClN2. The highest BCUT2D eigenvalue weighted by atomic mass is 79.9. The number of rotatable bonds is 4. The van der Waals surface area contributed by atoms with Gasteiger partial charge in [-0.1, -0.05) is 27.5 Å². The first-order chi connectivity index (χ1) is 9.06. The zero-order valence-corrected chi connectivity index (χ0v) is 14.0. The molecule has 0 amide bonds. The summed E-state index contributed by atoms with van der Waals surface area (Å²) in [4.78, 5) is 2.55. The minimum absolute atomic E-state index is 0.626. The molecule has 0 aliphatic carbocycles. The number of nitrogens with one attached hydrogen (secondary N) is 1. The van der Waals surface area contributed by atoms with E-state index >= 15 is 0 Å². The summed E-state index contributed by atoms with van der Waals surface area (Å²) in [6, 6.07) is 7.25. The van der Waals surface area contributed by atoms with Crippen LogP contribution in [0.1, 0.15) is 32.3 Å². The third-order valence-electron chi connectivity index (χ3n) is 3.85. The van der Waals surface area contributed by atoms with E-state index in [1.807, 2.05) is 18.2 Å². The Bertz CT molecular complexity index is 415. The third-order valence-corrected chi connectivity index (χ3v) is 4.86. The van der Waals surface area contributed by atoms with E-state index in [1.54, 1.807) is 0 Å². The van der Waals surface area contributed by atoms with Crippen LogP contribution < -0.4 is 5.32 Å². The van der Waals surface area contributed by atoms with E-state index in [9.17, 15) is 0 Å². The largest absolute Gasteiger partial charge is 0.310 e. The molecule has 1 aliphatic rings. The summed E-state index contributed by atoms with van der Waals surface area (Å²) in [7, 11) is 0. The van der Waals surface area contributed by atoms with Crippen molar-refractivity contribution in [3.05, 3.63) is 33.3 Å². The molecule has 0 saturated carbocycles. The van der Waals surface area contributed by atoms with Crippen LogP contribution >= 0.6 is 27.5 Å². The highest BCUT2D eigenvalue weighted by molar-refractivity contribution is 9.10. The fraction of sp³-hybridized carbons (Fsp3) is 0.600. The molecule has 0 radical (unpaired) electrons. The van der Waals surface area contributed by atoms with Gasteiger partial charge in [-0.15, -0.1) is 0 Å². The molecule has 106 valence electrons. The molecular weight excluding hydrogens is 324 g/mol. The highest BCUT2D eigenvalue weighted by Gasteiger charge is 2.20. The monoisotopic (exact) mass is 344 g/mol. The van der Waals surface area contributed by atoms with Gasteiger partial charge in [-0.05, 0) is 63.5 Å². The fourth-order valence-corrected chi connectivity index (χ4v) is 3.13. The molecule has 0 atom stereocenters. The van der Waals surface area contributed by atoms with Crippen LogP contribution in [-0.2, 0) is 6.54 Å². The molecule has 1 aromatic carbocycles. The van der Waals surface area contributed by atoms with E-state index < -0.39 is 0 Å². The molecule has 0 spiro atoms. The van der Waals surface area contributed by atoms with E-state index in [1.165, 1.54) is 31.5 Å². The predicted molar refractivity (Wildman–Crippen MR) is 85.7 cm³/mol. The Morgan fingerprint density at radius 1 is 1.37 bits per heavy atom. The number of hydrogen-bond donors (Lipinski definition) is 1. The van der Waals surface area contributed by atoms with E-state index in [-0.39, 0.29) is 0 Å². The van der Waals surface area contributed by atoms with Crippen LogP contribution in [0.4, 0.5) is 0 Å². The van der Waals surface area contributed by atoms with Gasteiger partial charge in [0, 0.05) is 28.1 Å². The van der Waals surface area contributed by atoms with Crippen molar-refractivity contribution in [3.8, 4) is 0 Å². The third kappa shape index (κ3) is 4.45. The van der Waals surface area contributed by atoms with Crippen molar-refractivity contribution in [2.45, 2.75) is 45.3 Å². The van der Waals surface area contributed by atoms with Gasteiger partial charge >= 0.3 is 0 Å². The lowest BCUT2D eigenvalue weighted by Gasteiger charge is -2.35. The van der Waals surface area contributed by atoms with Gasteiger partial charge < -0.3 is 10.2 Å². The van der Waals surface area contributed by atoms with Gasteiger partial charge in [-0.2, -0.15) is 0 Å². The molecule has 0 aromatic heterocycles. The van der Waals surface area contributed by atoms with E-state index in [4.69, 9.17) is 11.6 Å². The molecule has 19 heavy (non-hydrogen) atoms. The van der Waals surface area contributed by atoms with Crippen molar-refractivity contribution >= 4 is 27.5 Å². The molecule has 1 N–H and O–H groups in total. The molecule has 0 bridgehead atoms. The number of likely N-dealkylation sites (tertiary alicyclic amines) is 1. The summed E-state index contributed by atoms with van der Waals surface area (Å²) in [5, 5.41) is 4.45. The molecule has 4 heteroatoms. The molecule has 1 aromatic rings. The zero-order chi connectivity index (χ0) is 13.8. The predicted octanol–water partition coefficient (Wildman–Crippen LogP) is 4.06. The molecule has 2 nitrogen and oxygen atoms in total. The van der Waals surface area contributed by atoms with Crippen LogP contribution in [0.3, 0.4) is 0 Å². The average Bonchev–Trinajstić information content (AvgIpc) is 2.40. The van der Waals surface area contributed by atoms with E-state index in [0.717, 1.165) is 16.0 Å². The summed E-state index contributed by atoms with van der Waals surface area (Å²) in [6.07, 6.45) is 2.47. The summed E-state index contributed by atoms with van der Waals surface area (Å²) in [5.74, 6) is 0. The van der Waals surface area contributed by atoms with Crippen LogP contribution in [0.15, 0.2) is 22.7 Å². The first kappa shape index (κ1) is 15.3. The standard InChI is InChI=1S/C15H22BrClN2/c1-11(2)19-7-5-14(6-8-19)18-10-12-9-13(17)3-4-15(12)16/h3-4,9,11,14,18H,5-8,10H2,1-2H3. The van der Waals surface area contributed by atoms with Gasteiger partial charge in [0.05, 0.1) is 0 Å². The van der Waals surface area contributed by atoms with Gasteiger partial charge in [-0.3, -0.25) is 0 Å². The first-order valence-corrected chi connectivity index (χ1v) is 8.14. The quantitative estimate of drug-likeness (QED) is 0.885. The second kappa shape index (κ2) is 7.07. The van der Waals surface area contributed by atoms with Gasteiger partial charge in [0.25, 0.3) is 0 Å².